The number of anilines is 3. The zero-order valence-electron chi connectivity index (χ0n) is 24.6. The van der Waals surface area contributed by atoms with Crippen molar-refractivity contribution in [1.29, 1.82) is 0 Å². The van der Waals surface area contributed by atoms with E-state index in [1.165, 1.54) is 6.07 Å². The van der Waals surface area contributed by atoms with Gasteiger partial charge >= 0.3 is 6.03 Å². The zero-order valence-corrected chi connectivity index (χ0v) is 25.4. The van der Waals surface area contributed by atoms with Crippen molar-refractivity contribution in [1.82, 2.24) is 25.3 Å². The molecule has 1 fully saturated rings. The Kier molecular flexibility index (Phi) is 8.98. The second kappa shape index (κ2) is 12.9. The topological polar surface area (TPSA) is 135 Å². The Morgan fingerprint density at radius 2 is 1.84 bits per heavy atom. The number of hydrogen-bond donors (Lipinski definition) is 5. The average Bonchev–Trinajstić information content (AvgIpc) is 3.23. The van der Waals surface area contributed by atoms with E-state index in [4.69, 9.17) is 0 Å². The third kappa shape index (κ3) is 6.29. The number of benzene rings is 3. The molecule has 5 N–H and O–H groups in total. The number of nitrogens with zero attached hydrogens (tertiary/aromatic N) is 4. The van der Waals surface area contributed by atoms with Crippen LogP contribution in [-0.2, 0) is 26.6 Å². The van der Waals surface area contributed by atoms with Gasteiger partial charge in [-0.15, -0.1) is 12.4 Å². The predicted molar refractivity (Wildman–Crippen MR) is 171 cm³/mol. The number of piperazine rings is 1. The Morgan fingerprint density at radius 1 is 1.07 bits per heavy atom. The highest BCUT2D eigenvalue weighted by molar-refractivity contribution is 6.08. The lowest BCUT2D eigenvalue weighted by atomic mass is 10.0. The number of aromatic hydroxyl groups is 2. The molecule has 0 saturated carbocycles. The van der Waals surface area contributed by atoms with Crippen LogP contribution in [0.2, 0.25) is 0 Å². The molecule has 2 aliphatic rings. The molecule has 3 heterocycles. The van der Waals surface area contributed by atoms with Crippen LogP contribution in [0, 0.1) is 6.92 Å². The number of phenolic OH excluding ortho intramolecular Hbond substituents is 2. The van der Waals surface area contributed by atoms with Gasteiger partial charge in [-0.05, 0) is 66.4 Å². The quantitative estimate of drug-likeness (QED) is 0.227. The first kappa shape index (κ1) is 30.7. The number of aromatic nitrogens is 2. The van der Waals surface area contributed by atoms with E-state index >= 15 is 0 Å². The molecule has 230 valence electrons. The lowest BCUT2D eigenvalue weighted by Crippen LogP contribution is -2.57. The van der Waals surface area contributed by atoms with Gasteiger partial charge in [0.15, 0.2) is 0 Å². The van der Waals surface area contributed by atoms with Crippen molar-refractivity contribution in [3.8, 4) is 11.5 Å². The third-order valence-electron chi connectivity index (χ3n) is 8.10. The largest absolute Gasteiger partial charge is 0.508 e. The number of halogens is 1. The molecule has 3 amide bonds. The van der Waals surface area contributed by atoms with Crippen molar-refractivity contribution in [2.45, 2.75) is 32.5 Å². The van der Waals surface area contributed by atoms with E-state index in [2.05, 4.69) is 21.0 Å². The van der Waals surface area contributed by atoms with Gasteiger partial charge in [0.05, 0.1) is 24.1 Å². The first-order valence-corrected chi connectivity index (χ1v) is 14.3. The second-order valence-electron chi connectivity index (χ2n) is 11.1. The van der Waals surface area contributed by atoms with Crippen LogP contribution < -0.4 is 20.9 Å². The van der Waals surface area contributed by atoms with Gasteiger partial charge in [-0.25, -0.2) is 4.79 Å². The molecule has 11 nitrogen and oxygen atoms in total. The number of urea groups is 1. The Labute approximate surface area is 261 Å². The molecule has 1 atom stereocenters. The molecule has 3 aromatic carbocycles. The fraction of sp³-hybridized carbons (Fsp3) is 0.281. The van der Waals surface area contributed by atoms with Gasteiger partial charge in [0.25, 0.3) is 5.91 Å². The van der Waals surface area contributed by atoms with Crippen molar-refractivity contribution in [2.24, 2.45) is 7.05 Å². The summed E-state index contributed by atoms with van der Waals surface area (Å²) in [5.74, 6) is 0.722. The molecule has 0 radical (unpaired) electrons. The SMILES string of the molecule is Cc1cc(C(=O)N2Cc3cnn(C)c3Nc3ccccc32)ccc1CNC(=O)N1CCNCC1Cc1cc(O)cc(O)c1.Cl. The molecule has 12 heteroatoms. The second-order valence-corrected chi connectivity index (χ2v) is 11.1. The standard InChI is InChI=1S/C32H35N7O4.ClH/c1-20-11-22(31(42)39-19-24-17-35-37(2)30(24)36-28-5-3-4-6-29(28)39)7-8-23(20)16-34-32(43)38-10-9-33-18-25(38)12-21-13-26(40)15-27(41)14-21;/h3-8,11,13-15,17,25,33,36,40-41H,9-10,12,16,18-19H2,1-2H3,(H,34,43);1H. The predicted octanol–water partition coefficient (Wildman–Crippen LogP) is 4.19. The number of phenols is 2. The minimum Gasteiger partial charge on any atom is -0.508 e. The summed E-state index contributed by atoms with van der Waals surface area (Å²) in [6, 6.07) is 17.5. The molecule has 1 unspecified atom stereocenters. The number of nitrogens with one attached hydrogen (secondary N) is 3. The molecule has 1 aromatic heterocycles. The van der Waals surface area contributed by atoms with E-state index in [9.17, 15) is 19.8 Å². The Bertz CT molecular complexity index is 1670. The summed E-state index contributed by atoms with van der Waals surface area (Å²) in [6.07, 6.45) is 2.27. The van der Waals surface area contributed by atoms with E-state index < -0.39 is 0 Å². The summed E-state index contributed by atoms with van der Waals surface area (Å²) >= 11 is 0. The summed E-state index contributed by atoms with van der Waals surface area (Å²) in [7, 11) is 1.87. The molecule has 2 aliphatic heterocycles. The highest BCUT2D eigenvalue weighted by atomic mass is 35.5. The molecule has 0 spiro atoms. The average molecular weight is 618 g/mol. The van der Waals surface area contributed by atoms with E-state index in [-0.39, 0.29) is 41.9 Å². The van der Waals surface area contributed by atoms with Crippen LogP contribution in [0.1, 0.15) is 32.6 Å². The van der Waals surface area contributed by atoms with Crippen molar-refractivity contribution >= 4 is 41.5 Å². The number of fused-ring (bicyclic) bond motifs is 2. The maximum atomic E-state index is 13.9. The van der Waals surface area contributed by atoms with Crippen molar-refractivity contribution in [3.05, 3.63) is 94.7 Å². The molecular formula is C32H36ClN7O4. The zero-order chi connectivity index (χ0) is 30.1. The number of carbonyl (C=O) groups excluding carboxylic acids is 2. The van der Waals surface area contributed by atoms with Crippen LogP contribution in [0.15, 0.2) is 66.9 Å². The molecule has 1 saturated heterocycles. The van der Waals surface area contributed by atoms with Gasteiger partial charge < -0.3 is 36.0 Å². The van der Waals surface area contributed by atoms with Crippen molar-refractivity contribution in [3.63, 3.8) is 0 Å². The number of rotatable bonds is 5. The maximum absolute atomic E-state index is 13.9. The van der Waals surface area contributed by atoms with Gasteiger partial charge in [0.2, 0.25) is 0 Å². The van der Waals surface area contributed by atoms with E-state index in [1.807, 2.05) is 56.4 Å². The summed E-state index contributed by atoms with van der Waals surface area (Å²) in [5.41, 5.74) is 5.69. The normalized spacial score (nSPS) is 15.7. The smallest absolute Gasteiger partial charge is 0.318 e. The molecule has 44 heavy (non-hydrogen) atoms. The molecule has 0 aliphatic carbocycles. The van der Waals surface area contributed by atoms with E-state index in [1.54, 1.807) is 32.8 Å². The van der Waals surface area contributed by atoms with Crippen LogP contribution in [0.4, 0.5) is 22.0 Å². The van der Waals surface area contributed by atoms with Gasteiger partial charge in [-0.2, -0.15) is 5.10 Å². The summed E-state index contributed by atoms with van der Waals surface area (Å²) in [6.45, 7) is 4.47. The van der Waals surface area contributed by atoms with E-state index in [0.29, 0.717) is 44.7 Å². The lowest BCUT2D eigenvalue weighted by Gasteiger charge is -2.36. The number of hydrogen-bond acceptors (Lipinski definition) is 7. The molecular weight excluding hydrogens is 582 g/mol. The minimum absolute atomic E-state index is 0. The Hall–Kier alpha value is -4.74. The summed E-state index contributed by atoms with van der Waals surface area (Å²) in [4.78, 5) is 30.7. The monoisotopic (exact) mass is 617 g/mol. The maximum Gasteiger partial charge on any atom is 0.318 e. The highest BCUT2D eigenvalue weighted by Crippen LogP contribution is 2.36. The van der Waals surface area contributed by atoms with Gasteiger partial charge in [-0.3, -0.25) is 9.48 Å². The summed E-state index contributed by atoms with van der Waals surface area (Å²) in [5, 5.41) is 33.9. The fourth-order valence-corrected chi connectivity index (χ4v) is 5.85. The third-order valence-corrected chi connectivity index (χ3v) is 8.10. The Balaban J connectivity index is 0.00000384. The van der Waals surface area contributed by atoms with Crippen LogP contribution in [0.3, 0.4) is 0 Å². The number of para-hydroxylation sites is 2. The lowest BCUT2D eigenvalue weighted by molar-refractivity contribution is 0.0985. The van der Waals surface area contributed by atoms with Crippen LogP contribution in [0.5, 0.6) is 11.5 Å². The van der Waals surface area contributed by atoms with Crippen LogP contribution in [-0.4, -0.2) is 62.5 Å². The first-order valence-electron chi connectivity index (χ1n) is 14.3. The molecule has 6 rings (SSSR count). The number of carbonyl (C=O) groups is 2. The number of aryl methyl sites for hydroxylation is 2. The summed E-state index contributed by atoms with van der Waals surface area (Å²) < 4.78 is 1.77. The van der Waals surface area contributed by atoms with Crippen molar-refractivity contribution in [2.75, 3.05) is 29.9 Å². The van der Waals surface area contributed by atoms with Gasteiger partial charge in [0, 0.05) is 56.5 Å². The first-order chi connectivity index (χ1) is 20.8. The van der Waals surface area contributed by atoms with Gasteiger partial charge in [-0.1, -0.05) is 18.2 Å². The molecule has 4 aromatic rings. The van der Waals surface area contributed by atoms with Gasteiger partial charge in [0.1, 0.15) is 17.3 Å². The van der Waals surface area contributed by atoms with E-state index in [0.717, 1.165) is 39.4 Å². The van der Waals surface area contributed by atoms with Crippen molar-refractivity contribution < 1.29 is 19.8 Å². The number of amides is 3. The molecule has 0 bridgehead atoms. The van der Waals surface area contributed by atoms with Crippen LogP contribution in [0.25, 0.3) is 0 Å². The minimum atomic E-state index is -0.184. The highest BCUT2D eigenvalue weighted by Gasteiger charge is 2.28. The fourth-order valence-electron chi connectivity index (χ4n) is 5.85. The van der Waals surface area contributed by atoms with Crippen LogP contribution >= 0.6 is 12.4 Å². The Morgan fingerprint density at radius 3 is 2.61 bits per heavy atom.